The molecule has 1 atom stereocenters. The zero-order valence-corrected chi connectivity index (χ0v) is 18.4. The number of halogens is 2. The van der Waals surface area contributed by atoms with Crippen molar-refractivity contribution in [3.8, 4) is 5.75 Å². The number of piperazine rings is 1. The summed E-state index contributed by atoms with van der Waals surface area (Å²) in [5.74, 6) is 0.949. The lowest BCUT2D eigenvalue weighted by Gasteiger charge is -2.35. The van der Waals surface area contributed by atoms with Gasteiger partial charge in [0.2, 0.25) is 0 Å². The molecule has 28 heavy (non-hydrogen) atoms. The standard InChI is InChI=1S/C23H32N2O.2ClH/c1-2-3-5-10-23(25-17-15-24-16-18-25)21-11-13-22(14-12-21)26-19-20-8-6-4-7-9-20;;/h4,6-9,11-14,23-24H,2-3,5,10,15-19H2,1H3;2*1H/t23-;;/m1../s1. The molecule has 0 aromatic heterocycles. The number of nitrogens with zero attached hydrogens (tertiary/aromatic N) is 1. The Hall–Kier alpha value is -1.26. The van der Waals surface area contributed by atoms with Gasteiger partial charge in [-0.1, -0.05) is 68.7 Å². The summed E-state index contributed by atoms with van der Waals surface area (Å²) in [5.41, 5.74) is 2.63. The fraction of sp³-hybridized carbons (Fsp3) is 0.478. The highest BCUT2D eigenvalue weighted by Gasteiger charge is 2.21. The van der Waals surface area contributed by atoms with Crippen molar-refractivity contribution in [1.29, 1.82) is 0 Å². The van der Waals surface area contributed by atoms with Crippen molar-refractivity contribution in [3.63, 3.8) is 0 Å². The Bertz CT molecular complexity index is 631. The van der Waals surface area contributed by atoms with E-state index in [9.17, 15) is 0 Å². The average Bonchev–Trinajstić information content (AvgIpc) is 2.72. The monoisotopic (exact) mass is 424 g/mol. The van der Waals surface area contributed by atoms with E-state index < -0.39 is 0 Å². The SMILES string of the molecule is CCCCC[C@H](c1ccc(OCc2ccccc2)cc1)N1CCNCC1.Cl.Cl. The summed E-state index contributed by atoms with van der Waals surface area (Å²) in [4.78, 5) is 2.64. The van der Waals surface area contributed by atoms with Gasteiger partial charge in [-0.15, -0.1) is 24.8 Å². The quantitative estimate of drug-likeness (QED) is 0.527. The topological polar surface area (TPSA) is 24.5 Å². The molecule has 3 nitrogen and oxygen atoms in total. The van der Waals surface area contributed by atoms with E-state index in [-0.39, 0.29) is 24.8 Å². The highest BCUT2D eigenvalue weighted by Crippen LogP contribution is 2.28. The highest BCUT2D eigenvalue weighted by atomic mass is 35.5. The van der Waals surface area contributed by atoms with Crippen molar-refractivity contribution in [2.45, 2.75) is 45.3 Å². The van der Waals surface area contributed by atoms with E-state index in [1.165, 1.54) is 36.8 Å². The summed E-state index contributed by atoms with van der Waals surface area (Å²) in [6.07, 6.45) is 5.15. The van der Waals surface area contributed by atoms with Crippen molar-refractivity contribution < 1.29 is 4.74 Å². The Morgan fingerprint density at radius 2 is 1.61 bits per heavy atom. The second-order valence-corrected chi connectivity index (χ2v) is 7.14. The van der Waals surface area contributed by atoms with Crippen molar-refractivity contribution in [2.75, 3.05) is 26.2 Å². The smallest absolute Gasteiger partial charge is 0.119 e. The molecule has 5 heteroatoms. The van der Waals surface area contributed by atoms with E-state index in [1.807, 2.05) is 6.07 Å². The molecule has 0 spiro atoms. The fourth-order valence-corrected chi connectivity index (χ4v) is 3.67. The summed E-state index contributed by atoms with van der Waals surface area (Å²) in [6.45, 7) is 7.38. The molecule has 0 unspecified atom stereocenters. The fourth-order valence-electron chi connectivity index (χ4n) is 3.67. The van der Waals surface area contributed by atoms with Gasteiger partial charge in [0.05, 0.1) is 0 Å². The van der Waals surface area contributed by atoms with E-state index in [2.05, 4.69) is 65.7 Å². The third kappa shape index (κ3) is 7.63. The van der Waals surface area contributed by atoms with Crippen LogP contribution in [0.25, 0.3) is 0 Å². The van der Waals surface area contributed by atoms with Crippen molar-refractivity contribution in [3.05, 3.63) is 65.7 Å². The maximum atomic E-state index is 5.95. The highest BCUT2D eigenvalue weighted by molar-refractivity contribution is 5.85. The molecule has 0 amide bonds. The van der Waals surface area contributed by atoms with Gasteiger partial charge in [0.1, 0.15) is 12.4 Å². The number of hydrogen-bond donors (Lipinski definition) is 1. The summed E-state index contributed by atoms with van der Waals surface area (Å²) in [5, 5.41) is 3.47. The minimum Gasteiger partial charge on any atom is -0.489 e. The largest absolute Gasteiger partial charge is 0.489 e. The zero-order valence-electron chi connectivity index (χ0n) is 16.8. The van der Waals surface area contributed by atoms with Crippen LogP contribution in [0.4, 0.5) is 0 Å². The van der Waals surface area contributed by atoms with Gasteiger partial charge in [-0.2, -0.15) is 0 Å². The second-order valence-electron chi connectivity index (χ2n) is 7.14. The Morgan fingerprint density at radius 1 is 0.929 bits per heavy atom. The Balaban J connectivity index is 0.00000196. The number of benzene rings is 2. The lowest BCUT2D eigenvalue weighted by atomic mass is 9.98. The van der Waals surface area contributed by atoms with Gasteiger partial charge in [0.15, 0.2) is 0 Å². The average molecular weight is 425 g/mol. The van der Waals surface area contributed by atoms with Gasteiger partial charge >= 0.3 is 0 Å². The van der Waals surface area contributed by atoms with Crippen LogP contribution in [0.3, 0.4) is 0 Å². The Labute approximate surface area is 182 Å². The molecule has 1 fully saturated rings. The van der Waals surface area contributed by atoms with Gasteiger partial charge in [-0.05, 0) is 29.7 Å². The van der Waals surface area contributed by atoms with Crippen molar-refractivity contribution in [1.82, 2.24) is 10.2 Å². The number of hydrogen-bond acceptors (Lipinski definition) is 3. The maximum absolute atomic E-state index is 5.95. The maximum Gasteiger partial charge on any atom is 0.119 e. The Kier molecular flexibility index (Phi) is 12.2. The number of ether oxygens (including phenoxy) is 1. The van der Waals surface area contributed by atoms with Gasteiger partial charge in [-0.25, -0.2) is 0 Å². The van der Waals surface area contributed by atoms with Crippen LogP contribution in [0, 0.1) is 0 Å². The molecular formula is C23H34Cl2N2O. The molecule has 0 bridgehead atoms. The molecule has 156 valence electrons. The van der Waals surface area contributed by atoms with E-state index in [4.69, 9.17) is 4.74 Å². The summed E-state index contributed by atoms with van der Waals surface area (Å²) in [6, 6.07) is 19.7. The number of unbranched alkanes of at least 4 members (excludes halogenated alkanes) is 2. The molecule has 1 aliphatic rings. The van der Waals surface area contributed by atoms with E-state index in [0.717, 1.165) is 31.9 Å². The molecule has 0 saturated carbocycles. The molecule has 1 N–H and O–H groups in total. The summed E-state index contributed by atoms with van der Waals surface area (Å²) < 4.78 is 5.95. The predicted molar refractivity (Wildman–Crippen MR) is 123 cm³/mol. The van der Waals surface area contributed by atoms with Crippen LogP contribution in [0.1, 0.15) is 49.8 Å². The van der Waals surface area contributed by atoms with Gasteiger partial charge in [0, 0.05) is 32.2 Å². The van der Waals surface area contributed by atoms with Crippen LogP contribution < -0.4 is 10.1 Å². The third-order valence-corrected chi connectivity index (χ3v) is 5.19. The lowest BCUT2D eigenvalue weighted by molar-refractivity contribution is 0.162. The molecule has 2 aromatic rings. The minimum absolute atomic E-state index is 0. The molecule has 2 aromatic carbocycles. The zero-order chi connectivity index (χ0) is 18.0. The van der Waals surface area contributed by atoms with Crippen LogP contribution >= 0.6 is 24.8 Å². The van der Waals surface area contributed by atoms with E-state index >= 15 is 0 Å². The molecule has 1 saturated heterocycles. The third-order valence-electron chi connectivity index (χ3n) is 5.19. The first-order valence-electron chi connectivity index (χ1n) is 10.1. The number of rotatable bonds is 9. The molecular weight excluding hydrogens is 391 g/mol. The van der Waals surface area contributed by atoms with Crippen LogP contribution in [0.2, 0.25) is 0 Å². The molecule has 1 heterocycles. The van der Waals surface area contributed by atoms with Gasteiger partial charge in [-0.3, -0.25) is 4.90 Å². The van der Waals surface area contributed by atoms with Crippen molar-refractivity contribution in [2.24, 2.45) is 0 Å². The second kappa shape index (κ2) is 13.8. The van der Waals surface area contributed by atoms with Gasteiger partial charge in [0.25, 0.3) is 0 Å². The normalized spacial score (nSPS) is 15.2. The van der Waals surface area contributed by atoms with E-state index in [1.54, 1.807) is 0 Å². The first kappa shape index (κ1) is 24.8. The predicted octanol–water partition coefficient (Wildman–Crippen LogP) is 5.64. The summed E-state index contributed by atoms with van der Waals surface area (Å²) in [7, 11) is 0. The van der Waals surface area contributed by atoms with Crippen LogP contribution in [-0.2, 0) is 6.61 Å². The van der Waals surface area contributed by atoms with Gasteiger partial charge < -0.3 is 10.1 Å². The van der Waals surface area contributed by atoms with Crippen LogP contribution in [-0.4, -0.2) is 31.1 Å². The molecule has 1 aliphatic heterocycles. The van der Waals surface area contributed by atoms with Crippen molar-refractivity contribution >= 4 is 24.8 Å². The first-order chi connectivity index (χ1) is 12.9. The number of nitrogens with one attached hydrogen (secondary N) is 1. The molecule has 0 radical (unpaired) electrons. The first-order valence-corrected chi connectivity index (χ1v) is 10.1. The summed E-state index contributed by atoms with van der Waals surface area (Å²) >= 11 is 0. The Morgan fingerprint density at radius 3 is 2.25 bits per heavy atom. The molecule has 3 rings (SSSR count). The van der Waals surface area contributed by atoms with Crippen LogP contribution in [0.15, 0.2) is 54.6 Å². The molecule has 0 aliphatic carbocycles. The minimum atomic E-state index is 0. The van der Waals surface area contributed by atoms with E-state index in [0.29, 0.717) is 12.6 Å². The lowest BCUT2D eigenvalue weighted by Crippen LogP contribution is -2.45. The van der Waals surface area contributed by atoms with Crippen LogP contribution in [0.5, 0.6) is 5.75 Å².